The fraction of sp³-hybridized carbons (Fsp3) is 0.235. The molecule has 0 amide bonds. The molecule has 0 saturated carbocycles. The Morgan fingerprint density at radius 2 is 1.80 bits per heavy atom. The van der Waals surface area contributed by atoms with Gasteiger partial charge >= 0.3 is 0 Å². The van der Waals surface area contributed by atoms with Crippen LogP contribution in [0.2, 0.25) is 0 Å². The van der Waals surface area contributed by atoms with Gasteiger partial charge in [-0.1, -0.05) is 24.3 Å². The Balaban J connectivity index is 2.21. The first-order valence-electron chi connectivity index (χ1n) is 6.38. The number of hydrogen-bond donors (Lipinski definition) is 1. The molecule has 0 aromatic heterocycles. The molecule has 0 unspecified atom stereocenters. The minimum absolute atomic E-state index is 0.255. The summed E-state index contributed by atoms with van der Waals surface area (Å²) in [5.74, 6) is 1.33. The van der Waals surface area contributed by atoms with Crippen LogP contribution in [0.1, 0.15) is 40.0 Å². The van der Waals surface area contributed by atoms with Crippen molar-refractivity contribution in [2.24, 2.45) is 0 Å². The molecule has 0 fully saturated rings. The van der Waals surface area contributed by atoms with E-state index in [9.17, 15) is 14.7 Å². The molecule has 0 radical (unpaired) electrons. The molecule has 0 bridgehead atoms. The lowest BCUT2D eigenvalue weighted by molar-refractivity contribution is 0.0485. The molecule has 2 rings (SSSR count). The second-order valence-electron chi connectivity index (χ2n) is 4.58. The Labute approximate surface area is 117 Å². The fourth-order valence-electron chi connectivity index (χ4n) is 2.09. The molecule has 1 aliphatic rings. The van der Waals surface area contributed by atoms with E-state index < -0.39 is 17.2 Å². The average Bonchev–Trinajstić information content (AvgIpc) is 2.66. The molecule has 0 heterocycles. The van der Waals surface area contributed by atoms with Gasteiger partial charge in [0.2, 0.25) is 17.2 Å². The van der Waals surface area contributed by atoms with Gasteiger partial charge in [-0.15, -0.1) is 18.1 Å². The molecule has 1 N–H and O–H groups in total. The van der Waals surface area contributed by atoms with Crippen molar-refractivity contribution in [2.75, 3.05) is 0 Å². The second-order valence-corrected chi connectivity index (χ2v) is 4.58. The third-order valence-corrected chi connectivity index (χ3v) is 3.19. The number of carbonyl (C=O) groups excluding carboxylic acids is 2. The van der Waals surface area contributed by atoms with Crippen LogP contribution in [0.25, 0.3) is 0 Å². The monoisotopic (exact) mass is 266 g/mol. The predicted molar refractivity (Wildman–Crippen MR) is 75.4 cm³/mol. The number of hydrogen-bond acceptors (Lipinski definition) is 3. The molecular formula is C17H14O3. The molecule has 0 atom stereocenters. The Morgan fingerprint density at radius 3 is 2.35 bits per heavy atom. The van der Waals surface area contributed by atoms with Crippen molar-refractivity contribution in [3.05, 3.63) is 53.3 Å². The standard InChI is InChI=1S/C17H14O3/c1-2-3-4-5-6-9-12-17(20)15(18)13-10-7-8-11-14(13)16(17)19/h1,6-8,10-12,20H,3-5H2. The van der Waals surface area contributed by atoms with Gasteiger partial charge in [-0.2, -0.15) is 0 Å². The molecule has 20 heavy (non-hydrogen) atoms. The molecular weight excluding hydrogens is 252 g/mol. The van der Waals surface area contributed by atoms with Gasteiger partial charge < -0.3 is 5.11 Å². The molecule has 1 aliphatic carbocycles. The maximum Gasteiger partial charge on any atom is 0.217 e. The first-order valence-corrected chi connectivity index (χ1v) is 6.38. The molecule has 0 saturated heterocycles. The zero-order valence-corrected chi connectivity index (χ0v) is 10.9. The van der Waals surface area contributed by atoms with Crippen LogP contribution < -0.4 is 0 Å². The van der Waals surface area contributed by atoms with Crippen molar-refractivity contribution in [2.45, 2.75) is 24.9 Å². The molecule has 100 valence electrons. The minimum Gasteiger partial charge on any atom is -0.370 e. The Morgan fingerprint density at radius 1 is 1.20 bits per heavy atom. The summed E-state index contributed by atoms with van der Waals surface area (Å²) in [5.41, 5.74) is 1.10. The summed E-state index contributed by atoms with van der Waals surface area (Å²) in [7, 11) is 0. The third-order valence-electron chi connectivity index (χ3n) is 3.19. The van der Waals surface area contributed by atoms with Crippen molar-refractivity contribution < 1.29 is 14.7 Å². The van der Waals surface area contributed by atoms with E-state index in [4.69, 9.17) is 6.42 Å². The van der Waals surface area contributed by atoms with E-state index in [0.717, 1.165) is 12.5 Å². The van der Waals surface area contributed by atoms with Crippen molar-refractivity contribution in [1.29, 1.82) is 0 Å². The summed E-state index contributed by atoms with van der Waals surface area (Å²) in [6.45, 7) is 0. The van der Waals surface area contributed by atoms with E-state index in [1.54, 1.807) is 18.2 Å². The highest BCUT2D eigenvalue weighted by Crippen LogP contribution is 2.30. The summed E-state index contributed by atoms with van der Waals surface area (Å²) in [6, 6.07) is 6.40. The maximum absolute atomic E-state index is 12.1. The van der Waals surface area contributed by atoms with Crippen LogP contribution in [0.3, 0.4) is 0 Å². The normalized spacial score (nSPS) is 15.2. The molecule has 1 aromatic rings. The van der Waals surface area contributed by atoms with Crippen LogP contribution >= 0.6 is 0 Å². The Hall–Kier alpha value is -2.40. The van der Waals surface area contributed by atoms with E-state index in [1.165, 1.54) is 12.1 Å². The van der Waals surface area contributed by atoms with Gasteiger partial charge in [-0.3, -0.25) is 9.59 Å². The van der Waals surface area contributed by atoms with Gasteiger partial charge in [-0.05, 0) is 18.9 Å². The first-order chi connectivity index (χ1) is 9.61. The van der Waals surface area contributed by atoms with Crippen molar-refractivity contribution >= 4 is 11.6 Å². The fourth-order valence-corrected chi connectivity index (χ4v) is 2.09. The van der Waals surface area contributed by atoms with Crippen LogP contribution in [-0.2, 0) is 0 Å². The highest BCUT2D eigenvalue weighted by Gasteiger charge is 2.49. The second kappa shape index (κ2) is 5.71. The minimum atomic E-state index is -2.12. The number of fused-ring (bicyclic) bond motifs is 1. The summed E-state index contributed by atoms with van der Waals surface area (Å²) in [6.07, 6.45) is 10.1. The van der Waals surface area contributed by atoms with Gasteiger partial charge in [0.05, 0.1) is 0 Å². The van der Waals surface area contributed by atoms with Crippen molar-refractivity contribution in [3.8, 4) is 12.3 Å². The summed E-state index contributed by atoms with van der Waals surface area (Å²) >= 11 is 0. The van der Waals surface area contributed by atoms with Gasteiger partial charge in [-0.25, -0.2) is 0 Å². The Bertz CT molecular complexity index is 620. The van der Waals surface area contributed by atoms with Gasteiger partial charge in [0.25, 0.3) is 0 Å². The maximum atomic E-state index is 12.1. The number of benzene rings is 1. The van der Waals surface area contributed by atoms with Crippen LogP contribution in [-0.4, -0.2) is 22.3 Å². The lowest BCUT2D eigenvalue weighted by atomic mass is 9.98. The van der Waals surface area contributed by atoms with E-state index in [1.807, 2.05) is 0 Å². The average molecular weight is 266 g/mol. The highest BCUT2D eigenvalue weighted by atomic mass is 16.3. The lowest BCUT2D eigenvalue weighted by Crippen LogP contribution is -2.38. The topological polar surface area (TPSA) is 54.4 Å². The molecule has 1 aromatic carbocycles. The van der Waals surface area contributed by atoms with E-state index in [2.05, 4.69) is 11.7 Å². The van der Waals surface area contributed by atoms with Gasteiger partial charge in [0, 0.05) is 23.6 Å². The lowest BCUT2D eigenvalue weighted by Gasteiger charge is -2.11. The zero-order valence-electron chi connectivity index (χ0n) is 10.9. The Kier molecular flexibility index (Phi) is 4.00. The predicted octanol–water partition coefficient (Wildman–Crippen LogP) is 2.31. The number of ketones is 2. The molecule has 0 spiro atoms. The van der Waals surface area contributed by atoms with Crippen LogP contribution in [0.5, 0.6) is 0 Å². The molecule has 3 heteroatoms. The molecule has 0 aliphatic heterocycles. The SMILES string of the molecule is C#CCCCC=C=CC1(O)C(=O)c2ccccc2C1=O. The number of aliphatic hydroxyl groups is 1. The van der Waals surface area contributed by atoms with E-state index in [0.29, 0.717) is 12.8 Å². The summed E-state index contributed by atoms with van der Waals surface area (Å²) < 4.78 is 0. The van der Waals surface area contributed by atoms with Crippen molar-refractivity contribution in [3.63, 3.8) is 0 Å². The first kappa shape index (κ1) is 14.0. The van der Waals surface area contributed by atoms with Crippen LogP contribution in [0.15, 0.2) is 42.1 Å². The number of Topliss-reactive ketones (excluding diaryl/α,β-unsaturated/α-hetero) is 2. The summed E-state index contributed by atoms with van der Waals surface area (Å²) in [4.78, 5) is 24.2. The number of terminal acetylenes is 1. The smallest absolute Gasteiger partial charge is 0.217 e. The van der Waals surface area contributed by atoms with Crippen molar-refractivity contribution in [1.82, 2.24) is 0 Å². The van der Waals surface area contributed by atoms with Gasteiger partial charge in [0.15, 0.2) is 0 Å². The van der Waals surface area contributed by atoms with Gasteiger partial charge in [0.1, 0.15) is 0 Å². The van der Waals surface area contributed by atoms with Crippen LogP contribution in [0, 0.1) is 12.3 Å². The number of rotatable bonds is 4. The van der Waals surface area contributed by atoms with Crippen LogP contribution in [0.4, 0.5) is 0 Å². The quantitative estimate of drug-likeness (QED) is 0.394. The molecule has 3 nitrogen and oxygen atoms in total. The highest BCUT2D eigenvalue weighted by molar-refractivity contribution is 6.33. The summed E-state index contributed by atoms with van der Waals surface area (Å²) in [5, 5.41) is 10.3. The third kappa shape index (κ3) is 2.35. The van der Waals surface area contributed by atoms with E-state index >= 15 is 0 Å². The zero-order chi connectivity index (χ0) is 14.6. The largest absolute Gasteiger partial charge is 0.370 e. The number of carbonyl (C=O) groups is 2. The number of unbranched alkanes of at least 4 members (excludes halogenated alkanes) is 2. The van der Waals surface area contributed by atoms with E-state index in [-0.39, 0.29) is 11.1 Å².